The maximum absolute atomic E-state index is 3.59. The van der Waals surface area contributed by atoms with Gasteiger partial charge in [0, 0.05) is 6.04 Å². The van der Waals surface area contributed by atoms with Crippen LogP contribution in [0.2, 0.25) is 0 Å². The predicted octanol–water partition coefficient (Wildman–Crippen LogP) is 4.04. The fraction of sp³-hybridized carbons (Fsp3) is 0.647. The quantitative estimate of drug-likeness (QED) is 0.844. The van der Waals surface area contributed by atoms with Gasteiger partial charge < -0.3 is 5.32 Å². The minimum absolute atomic E-state index is 0.447. The zero-order valence-electron chi connectivity index (χ0n) is 12.7. The van der Waals surface area contributed by atoms with Gasteiger partial charge in [0.25, 0.3) is 0 Å². The van der Waals surface area contributed by atoms with Gasteiger partial charge in [-0.3, -0.25) is 0 Å². The van der Waals surface area contributed by atoms with E-state index in [0.29, 0.717) is 11.5 Å². The Bertz CT molecular complexity index is 411. The molecule has 0 bridgehead atoms. The van der Waals surface area contributed by atoms with Gasteiger partial charge in [-0.25, -0.2) is 0 Å². The first-order chi connectivity index (χ1) is 8.32. The molecule has 0 aromatic heterocycles. The Hall–Kier alpha value is -0.820. The van der Waals surface area contributed by atoms with Gasteiger partial charge in [-0.1, -0.05) is 57.0 Å². The molecule has 1 N–H and O–H groups in total. The van der Waals surface area contributed by atoms with E-state index in [1.54, 1.807) is 0 Å². The molecule has 0 saturated heterocycles. The summed E-state index contributed by atoms with van der Waals surface area (Å²) in [4.78, 5) is 0. The summed E-state index contributed by atoms with van der Waals surface area (Å²) in [5, 5.41) is 3.59. The molecule has 1 fully saturated rings. The second-order valence-corrected chi connectivity index (χ2v) is 6.89. The summed E-state index contributed by atoms with van der Waals surface area (Å²) in [5.74, 6) is 1.50. The highest BCUT2D eigenvalue weighted by Gasteiger charge is 2.57. The van der Waals surface area contributed by atoms with Gasteiger partial charge in [-0.15, -0.1) is 0 Å². The lowest BCUT2D eigenvalue weighted by atomic mass is 9.99. The summed E-state index contributed by atoms with van der Waals surface area (Å²) in [6, 6.07) is 7.59. The van der Waals surface area contributed by atoms with E-state index in [9.17, 15) is 0 Å². The van der Waals surface area contributed by atoms with E-state index in [0.717, 1.165) is 18.4 Å². The van der Waals surface area contributed by atoms with Gasteiger partial charge >= 0.3 is 0 Å². The standard InChI is InChI=1S/C17H27N/c1-11(2)18-10-15-16(17(15,5)6)14-8-12(3)7-13(4)9-14/h7-9,11,15-16,18H,10H2,1-6H3. The molecule has 1 aliphatic carbocycles. The molecule has 0 amide bonds. The van der Waals surface area contributed by atoms with E-state index >= 15 is 0 Å². The Labute approximate surface area is 112 Å². The first-order valence-corrected chi connectivity index (χ1v) is 7.14. The van der Waals surface area contributed by atoms with Gasteiger partial charge in [-0.2, -0.15) is 0 Å². The monoisotopic (exact) mass is 245 g/mol. The fourth-order valence-electron chi connectivity index (χ4n) is 3.34. The number of hydrogen-bond acceptors (Lipinski definition) is 1. The molecule has 0 aliphatic heterocycles. The molecule has 1 aromatic rings. The maximum atomic E-state index is 3.59. The molecule has 100 valence electrons. The third-order valence-corrected chi connectivity index (χ3v) is 4.40. The van der Waals surface area contributed by atoms with Crippen molar-refractivity contribution in [2.24, 2.45) is 11.3 Å². The average Bonchev–Trinajstić information content (AvgIpc) is 2.75. The largest absolute Gasteiger partial charge is 0.314 e. The molecule has 1 heteroatoms. The molecule has 18 heavy (non-hydrogen) atoms. The Balaban J connectivity index is 2.14. The van der Waals surface area contributed by atoms with Gasteiger partial charge in [0.05, 0.1) is 0 Å². The molecule has 0 spiro atoms. The highest BCUT2D eigenvalue weighted by atomic mass is 14.9. The summed E-state index contributed by atoms with van der Waals surface area (Å²) < 4.78 is 0. The van der Waals surface area contributed by atoms with Crippen molar-refractivity contribution in [3.05, 3.63) is 34.9 Å². The SMILES string of the molecule is Cc1cc(C)cc(C2C(CNC(C)C)C2(C)C)c1. The normalized spacial score (nSPS) is 25.5. The summed E-state index contributed by atoms with van der Waals surface area (Å²) in [5.41, 5.74) is 4.77. The van der Waals surface area contributed by atoms with Crippen molar-refractivity contribution in [3.63, 3.8) is 0 Å². The molecular weight excluding hydrogens is 218 g/mol. The smallest absolute Gasteiger partial charge is 0.00105 e. The highest BCUT2D eigenvalue weighted by Crippen LogP contribution is 2.64. The predicted molar refractivity (Wildman–Crippen MR) is 79.1 cm³/mol. The van der Waals surface area contributed by atoms with Gasteiger partial charge in [0.2, 0.25) is 0 Å². The van der Waals surface area contributed by atoms with Crippen molar-refractivity contribution < 1.29 is 0 Å². The second-order valence-electron chi connectivity index (χ2n) is 6.89. The Morgan fingerprint density at radius 2 is 1.67 bits per heavy atom. The molecule has 2 unspecified atom stereocenters. The van der Waals surface area contributed by atoms with Crippen molar-refractivity contribution >= 4 is 0 Å². The van der Waals surface area contributed by atoms with Crippen LogP contribution >= 0.6 is 0 Å². The minimum Gasteiger partial charge on any atom is -0.314 e. The van der Waals surface area contributed by atoms with Crippen molar-refractivity contribution in [1.82, 2.24) is 5.32 Å². The zero-order chi connectivity index (χ0) is 13.5. The van der Waals surface area contributed by atoms with Crippen molar-refractivity contribution in [2.45, 2.75) is 53.5 Å². The second kappa shape index (κ2) is 4.70. The van der Waals surface area contributed by atoms with E-state index in [1.807, 2.05) is 0 Å². The van der Waals surface area contributed by atoms with Gasteiger partial charge in [-0.05, 0) is 43.2 Å². The molecule has 1 aliphatic rings. The lowest BCUT2D eigenvalue weighted by molar-refractivity contribution is 0.491. The lowest BCUT2D eigenvalue weighted by Gasteiger charge is -2.08. The van der Waals surface area contributed by atoms with Gasteiger partial charge in [0.15, 0.2) is 0 Å². The van der Waals surface area contributed by atoms with Crippen LogP contribution in [0.1, 0.15) is 50.3 Å². The number of nitrogens with one attached hydrogen (secondary N) is 1. The van der Waals surface area contributed by atoms with E-state index < -0.39 is 0 Å². The molecule has 2 atom stereocenters. The van der Waals surface area contributed by atoms with Crippen LogP contribution in [0.3, 0.4) is 0 Å². The Morgan fingerprint density at radius 3 is 2.17 bits per heavy atom. The van der Waals surface area contributed by atoms with E-state index in [1.165, 1.54) is 16.7 Å². The first-order valence-electron chi connectivity index (χ1n) is 7.14. The van der Waals surface area contributed by atoms with Crippen molar-refractivity contribution in [3.8, 4) is 0 Å². The van der Waals surface area contributed by atoms with Crippen molar-refractivity contribution in [1.29, 1.82) is 0 Å². The van der Waals surface area contributed by atoms with Crippen LogP contribution in [-0.4, -0.2) is 12.6 Å². The fourth-order valence-corrected chi connectivity index (χ4v) is 3.34. The molecule has 0 heterocycles. The third-order valence-electron chi connectivity index (χ3n) is 4.40. The number of benzene rings is 1. The van der Waals surface area contributed by atoms with Crippen molar-refractivity contribution in [2.75, 3.05) is 6.54 Å². The van der Waals surface area contributed by atoms with E-state index in [2.05, 4.69) is 65.1 Å². The number of rotatable bonds is 4. The summed E-state index contributed by atoms with van der Waals surface area (Å²) in [6.07, 6.45) is 0. The van der Waals surface area contributed by atoms with E-state index in [-0.39, 0.29) is 0 Å². The molecule has 1 saturated carbocycles. The van der Waals surface area contributed by atoms with Crippen LogP contribution < -0.4 is 5.32 Å². The zero-order valence-corrected chi connectivity index (χ0v) is 12.7. The molecular formula is C17H27N. The third kappa shape index (κ3) is 2.61. The van der Waals surface area contributed by atoms with E-state index in [4.69, 9.17) is 0 Å². The summed E-state index contributed by atoms with van der Waals surface area (Å²) >= 11 is 0. The van der Waals surface area contributed by atoms with Crippen LogP contribution in [0.15, 0.2) is 18.2 Å². The summed E-state index contributed by atoms with van der Waals surface area (Å²) in [7, 11) is 0. The van der Waals surface area contributed by atoms with Crippen LogP contribution in [-0.2, 0) is 0 Å². The Kier molecular flexibility index (Phi) is 3.55. The average molecular weight is 245 g/mol. The number of aryl methyl sites for hydroxylation is 2. The van der Waals surface area contributed by atoms with Crippen LogP contribution in [0, 0.1) is 25.2 Å². The lowest BCUT2D eigenvalue weighted by Crippen LogP contribution is -2.26. The van der Waals surface area contributed by atoms with Crippen LogP contribution in [0.4, 0.5) is 0 Å². The minimum atomic E-state index is 0.447. The number of hydrogen-bond donors (Lipinski definition) is 1. The Morgan fingerprint density at radius 1 is 1.11 bits per heavy atom. The molecule has 1 aromatic carbocycles. The summed E-state index contributed by atoms with van der Waals surface area (Å²) in [6.45, 7) is 14.8. The maximum Gasteiger partial charge on any atom is 0.00105 e. The molecule has 1 nitrogen and oxygen atoms in total. The topological polar surface area (TPSA) is 12.0 Å². The molecule has 0 radical (unpaired) electrons. The molecule has 2 rings (SSSR count). The van der Waals surface area contributed by atoms with Crippen LogP contribution in [0.5, 0.6) is 0 Å². The highest BCUT2D eigenvalue weighted by molar-refractivity contribution is 5.37. The van der Waals surface area contributed by atoms with Gasteiger partial charge in [0.1, 0.15) is 0 Å². The van der Waals surface area contributed by atoms with Crippen LogP contribution in [0.25, 0.3) is 0 Å². The first kappa shape index (κ1) is 13.6.